The highest BCUT2D eigenvalue weighted by Crippen LogP contribution is 2.23. The first kappa shape index (κ1) is 15.7. The van der Waals surface area contributed by atoms with Gasteiger partial charge in [0.05, 0.1) is 6.42 Å². The molecular formula is C20H18N2O2. The zero-order valence-electron chi connectivity index (χ0n) is 13.4. The summed E-state index contributed by atoms with van der Waals surface area (Å²) in [6.45, 7) is 1.85. The second kappa shape index (κ2) is 6.96. The molecule has 24 heavy (non-hydrogen) atoms. The van der Waals surface area contributed by atoms with Crippen molar-refractivity contribution in [2.24, 2.45) is 0 Å². The predicted octanol–water partition coefficient (Wildman–Crippen LogP) is 3.53. The maximum Gasteiger partial charge on any atom is 0.271 e. The lowest BCUT2D eigenvalue weighted by molar-refractivity contribution is -0.115. The first-order valence-corrected chi connectivity index (χ1v) is 7.76. The minimum atomic E-state index is -0.298. The highest BCUT2D eigenvalue weighted by Gasteiger charge is 2.11. The number of nitrogens with one attached hydrogen (secondary N) is 2. The van der Waals surface area contributed by atoms with Crippen LogP contribution in [0.2, 0.25) is 0 Å². The van der Waals surface area contributed by atoms with Gasteiger partial charge in [0, 0.05) is 11.3 Å². The predicted molar refractivity (Wildman–Crippen MR) is 96.0 cm³/mol. The maximum absolute atomic E-state index is 12.2. The van der Waals surface area contributed by atoms with Crippen LogP contribution in [0.5, 0.6) is 0 Å². The average molecular weight is 318 g/mol. The Morgan fingerprint density at radius 3 is 2.29 bits per heavy atom. The van der Waals surface area contributed by atoms with Gasteiger partial charge in [-0.05, 0) is 24.1 Å². The summed E-state index contributed by atoms with van der Waals surface area (Å²) >= 11 is 0. The van der Waals surface area contributed by atoms with Crippen LogP contribution in [0.3, 0.4) is 0 Å². The van der Waals surface area contributed by atoms with Gasteiger partial charge in [0.25, 0.3) is 5.56 Å². The molecule has 2 aromatic carbocycles. The van der Waals surface area contributed by atoms with E-state index in [0.717, 1.165) is 22.4 Å². The molecule has 0 unspecified atom stereocenters. The standard InChI is InChI=1S/C20H18N2O2/c1-14-17(16-10-6-3-7-11-16)13-18(20(24)21-14)22-19(23)12-15-8-4-2-5-9-15/h2-11,13H,12H2,1H3,(H,21,24)(H,22,23). The van der Waals surface area contributed by atoms with Crippen molar-refractivity contribution >= 4 is 11.6 Å². The van der Waals surface area contributed by atoms with Gasteiger partial charge in [-0.3, -0.25) is 9.59 Å². The number of hydrogen-bond acceptors (Lipinski definition) is 2. The minimum absolute atomic E-state index is 0.213. The molecule has 0 aliphatic carbocycles. The number of carbonyl (C=O) groups is 1. The topological polar surface area (TPSA) is 62.0 Å². The van der Waals surface area contributed by atoms with Gasteiger partial charge in [-0.15, -0.1) is 0 Å². The molecule has 4 heteroatoms. The van der Waals surface area contributed by atoms with E-state index in [1.807, 2.05) is 67.6 Å². The zero-order chi connectivity index (χ0) is 16.9. The van der Waals surface area contributed by atoms with Gasteiger partial charge in [-0.1, -0.05) is 60.7 Å². The van der Waals surface area contributed by atoms with E-state index in [-0.39, 0.29) is 23.6 Å². The van der Waals surface area contributed by atoms with E-state index in [1.54, 1.807) is 6.07 Å². The van der Waals surface area contributed by atoms with Crippen molar-refractivity contribution in [3.63, 3.8) is 0 Å². The summed E-state index contributed by atoms with van der Waals surface area (Å²) in [5.74, 6) is -0.213. The van der Waals surface area contributed by atoms with Crippen molar-refractivity contribution in [2.75, 3.05) is 5.32 Å². The SMILES string of the molecule is Cc1[nH]c(=O)c(NC(=O)Cc2ccccc2)cc1-c1ccccc1. The van der Waals surface area contributed by atoms with Gasteiger partial charge in [0.2, 0.25) is 5.91 Å². The van der Waals surface area contributed by atoms with Crippen LogP contribution >= 0.6 is 0 Å². The Morgan fingerprint density at radius 2 is 1.62 bits per heavy atom. The van der Waals surface area contributed by atoms with Crippen LogP contribution in [0.4, 0.5) is 5.69 Å². The fraction of sp³-hybridized carbons (Fsp3) is 0.100. The summed E-state index contributed by atoms with van der Waals surface area (Å²) in [5, 5.41) is 2.71. The average Bonchev–Trinajstić information content (AvgIpc) is 2.59. The van der Waals surface area contributed by atoms with E-state index >= 15 is 0 Å². The smallest absolute Gasteiger partial charge is 0.271 e. The molecule has 2 N–H and O–H groups in total. The van der Waals surface area contributed by atoms with Crippen LogP contribution in [-0.4, -0.2) is 10.9 Å². The van der Waals surface area contributed by atoms with Crippen LogP contribution in [-0.2, 0) is 11.2 Å². The molecule has 1 aromatic heterocycles. The summed E-state index contributed by atoms with van der Waals surface area (Å²) in [4.78, 5) is 27.1. The molecule has 3 rings (SSSR count). The highest BCUT2D eigenvalue weighted by molar-refractivity contribution is 5.92. The number of aromatic nitrogens is 1. The minimum Gasteiger partial charge on any atom is -0.324 e. The van der Waals surface area contributed by atoms with Crippen molar-refractivity contribution in [1.82, 2.24) is 4.98 Å². The van der Waals surface area contributed by atoms with Gasteiger partial charge in [-0.25, -0.2) is 0 Å². The summed E-state index contributed by atoms with van der Waals surface area (Å²) in [6.07, 6.45) is 0.231. The molecule has 0 bridgehead atoms. The fourth-order valence-corrected chi connectivity index (χ4v) is 2.61. The fourth-order valence-electron chi connectivity index (χ4n) is 2.61. The molecule has 1 amide bonds. The molecule has 120 valence electrons. The summed E-state index contributed by atoms with van der Waals surface area (Å²) < 4.78 is 0. The molecule has 0 saturated heterocycles. The Bertz CT molecular complexity index is 900. The van der Waals surface area contributed by atoms with Crippen LogP contribution < -0.4 is 10.9 Å². The number of carbonyl (C=O) groups excluding carboxylic acids is 1. The molecule has 4 nitrogen and oxygen atoms in total. The number of pyridine rings is 1. The quantitative estimate of drug-likeness (QED) is 0.773. The Morgan fingerprint density at radius 1 is 1.00 bits per heavy atom. The number of anilines is 1. The van der Waals surface area contributed by atoms with Gasteiger partial charge in [0.1, 0.15) is 5.69 Å². The Balaban J connectivity index is 1.86. The number of aryl methyl sites for hydroxylation is 1. The van der Waals surface area contributed by atoms with E-state index in [2.05, 4.69) is 10.3 Å². The Labute approximate surface area is 140 Å². The summed E-state index contributed by atoms with van der Waals surface area (Å²) in [7, 11) is 0. The molecule has 0 fully saturated rings. The van der Waals surface area contributed by atoms with Crippen molar-refractivity contribution in [3.05, 3.63) is 88.3 Å². The first-order chi connectivity index (χ1) is 11.6. The van der Waals surface area contributed by atoms with E-state index < -0.39 is 0 Å². The van der Waals surface area contributed by atoms with E-state index in [4.69, 9.17) is 0 Å². The number of aromatic amines is 1. The largest absolute Gasteiger partial charge is 0.324 e. The normalized spacial score (nSPS) is 10.4. The Hall–Kier alpha value is -3.14. The van der Waals surface area contributed by atoms with Crippen molar-refractivity contribution in [3.8, 4) is 11.1 Å². The van der Waals surface area contributed by atoms with Crippen LogP contribution in [0.1, 0.15) is 11.3 Å². The molecular weight excluding hydrogens is 300 g/mol. The molecule has 0 atom stereocenters. The number of rotatable bonds is 4. The van der Waals surface area contributed by atoms with E-state index in [9.17, 15) is 9.59 Å². The lowest BCUT2D eigenvalue weighted by atomic mass is 10.0. The molecule has 0 radical (unpaired) electrons. The third-order valence-electron chi connectivity index (χ3n) is 3.80. The molecule has 0 spiro atoms. The zero-order valence-corrected chi connectivity index (χ0v) is 13.4. The summed E-state index contributed by atoms with van der Waals surface area (Å²) in [5.41, 5.74) is 3.53. The molecule has 3 aromatic rings. The maximum atomic E-state index is 12.2. The second-order valence-electron chi connectivity index (χ2n) is 5.63. The van der Waals surface area contributed by atoms with Crippen molar-refractivity contribution in [1.29, 1.82) is 0 Å². The number of benzene rings is 2. The third kappa shape index (κ3) is 3.60. The van der Waals surface area contributed by atoms with Crippen molar-refractivity contribution in [2.45, 2.75) is 13.3 Å². The Kier molecular flexibility index (Phi) is 4.57. The van der Waals surface area contributed by atoms with Gasteiger partial charge < -0.3 is 10.3 Å². The number of hydrogen-bond donors (Lipinski definition) is 2. The highest BCUT2D eigenvalue weighted by atomic mass is 16.2. The lowest BCUT2D eigenvalue weighted by Gasteiger charge is -2.10. The van der Waals surface area contributed by atoms with Gasteiger partial charge in [-0.2, -0.15) is 0 Å². The lowest BCUT2D eigenvalue weighted by Crippen LogP contribution is -2.22. The van der Waals surface area contributed by atoms with Gasteiger partial charge >= 0.3 is 0 Å². The molecule has 0 saturated carbocycles. The molecule has 0 aliphatic rings. The van der Waals surface area contributed by atoms with Crippen molar-refractivity contribution < 1.29 is 4.79 Å². The molecule has 1 heterocycles. The molecule has 0 aliphatic heterocycles. The van der Waals surface area contributed by atoms with Gasteiger partial charge in [0.15, 0.2) is 0 Å². The number of amides is 1. The number of H-pyrrole nitrogens is 1. The first-order valence-electron chi connectivity index (χ1n) is 7.76. The third-order valence-corrected chi connectivity index (χ3v) is 3.80. The van der Waals surface area contributed by atoms with Crippen LogP contribution in [0.25, 0.3) is 11.1 Å². The van der Waals surface area contributed by atoms with Crippen LogP contribution in [0.15, 0.2) is 71.5 Å². The summed E-state index contributed by atoms with van der Waals surface area (Å²) in [6, 6.07) is 20.9. The second-order valence-corrected chi connectivity index (χ2v) is 5.63. The van der Waals surface area contributed by atoms with E-state index in [0.29, 0.717) is 0 Å². The monoisotopic (exact) mass is 318 g/mol. The van der Waals surface area contributed by atoms with Crippen LogP contribution in [0, 0.1) is 6.92 Å². The van der Waals surface area contributed by atoms with E-state index in [1.165, 1.54) is 0 Å².